The Labute approximate surface area is 169 Å². The Bertz CT molecular complexity index is 970. The molecule has 4 rings (SSSR count). The molecule has 29 heavy (non-hydrogen) atoms. The summed E-state index contributed by atoms with van der Waals surface area (Å²) >= 11 is 0. The number of rotatable bonds is 6. The largest absolute Gasteiger partial charge is 0.465 e. The molecule has 7 nitrogen and oxygen atoms in total. The van der Waals surface area contributed by atoms with Crippen LogP contribution in [0.15, 0.2) is 54.7 Å². The summed E-state index contributed by atoms with van der Waals surface area (Å²) in [5.41, 5.74) is 2.84. The Kier molecular flexibility index (Phi) is 5.65. The van der Waals surface area contributed by atoms with E-state index in [4.69, 9.17) is 4.74 Å². The topological polar surface area (TPSA) is 89.0 Å². The van der Waals surface area contributed by atoms with E-state index in [9.17, 15) is 4.79 Å². The van der Waals surface area contributed by atoms with Crippen molar-refractivity contribution in [3.63, 3.8) is 0 Å². The molecule has 1 aromatic carbocycles. The Balaban J connectivity index is 1.61. The molecule has 2 aromatic heterocycles. The summed E-state index contributed by atoms with van der Waals surface area (Å²) in [5.74, 6) is 0.889. The normalized spacial score (nSPS) is 13.8. The number of nitrogens with one attached hydrogen (secondary N) is 2. The van der Waals surface area contributed by atoms with Crippen molar-refractivity contribution in [1.29, 1.82) is 0 Å². The highest BCUT2D eigenvalue weighted by molar-refractivity contribution is 5.89. The van der Waals surface area contributed by atoms with E-state index in [1.54, 1.807) is 18.3 Å². The Hall–Kier alpha value is -3.48. The minimum atomic E-state index is -0.362. The van der Waals surface area contributed by atoms with Gasteiger partial charge in [0.2, 0.25) is 5.95 Å². The summed E-state index contributed by atoms with van der Waals surface area (Å²) in [7, 11) is 1.37. The molecular weight excluding hydrogens is 366 g/mol. The first kappa shape index (κ1) is 18.9. The van der Waals surface area contributed by atoms with Gasteiger partial charge in [-0.15, -0.1) is 0 Å². The van der Waals surface area contributed by atoms with Gasteiger partial charge in [-0.05, 0) is 49.2 Å². The van der Waals surface area contributed by atoms with Crippen molar-refractivity contribution in [1.82, 2.24) is 15.0 Å². The Morgan fingerprint density at radius 1 is 1.03 bits per heavy atom. The number of hydrogen-bond donors (Lipinski definition) is 2. The van der Waals surface area contributed by atoms with Gasteiger partial charge in [0.1, 0.15) is 5.82 Å². The molecule has 1 aliphatic carbocycles. The van der Waals surface area contributed by atoms with Gasteiger partial charge in [-0.1, -0.05) is 18.9 Å². The number of methoxy groups -OCH3 is 1. The lowest BCUT2D eigenvalue weighted by molar-refractivity contribution is 0.0601. The van der Waals surface area contributed by atoms with Crippen LogP contribution in [-0.4, -0.2) is 34.1 Å². The molecule has 1 aliphatic rings. The summed E-state index contributed by atoms with van der Waals surface area (Å²) in [6.45, 7) is 0. The number of carbonyl (C=O) groups is 1. The van der Waals surface area contributed by atoms with Gasteiger partial charge in [-0.2, -0.15) is 4.98 Å². The number of carbonyl (C=O) groups excluding carboxylic acids is 1. The van der Waals surface area contributed by atoms with E-state index in [-0.39, 0.29) is 5.97 Å². The highest BCUT2D eigenvalue weighted by Crippen LogP contribution is 2.25. The molecule has 2 N–H and O–H groups in total. The van der Waals surface area contributed by atoms with Crippen LogP contribution in [0, 0.1) is 0 Å². The van der Waals surface area contributed by atoms with Crippen LogP contribution in [0.1, 0.15) is 36.0 Å². The van der Waals surface area contributed by atoms with Crippen LogP contribution in [-0.2, 0) is 4.74 Å². The zero-order valence-electron chi connectivity index (χ0n) is 16.3. The highest BCUT2D eigenvalue weighted by atomic mass is 16.5. The summed E-state index contributed by atoms with van der Waals surface area (Å²) in [5, 5.41) is 6.75. The average Bonchev–Trinajstić information content (AvgIpc) is 3.27. The van der Waals surface area contributed by atoms with E-state index >= 15 is 0 Å². The van der Waals surface area contributed by atoms with Gasteiger partial charge in [-0.3, -0.25) is 4.98 Å². The summed E-state index contributed by atoms with van der Waals surface area (Å²) in [6, 6.07) is 15.1. The van der Waals surface area contributed by atoms with Crippen molar-refractivity contribution in [2.24, 2.45) is 0 Å². The molecule has 0 atom stereocenters. The quantitative estimate of drug-likeness (QED) is 0.603. The number of ether oxygens (including phenoxy) is 1. The fourth-order valence-electron chi connectivity index (χ4n) is 3.43. The predicted molar refractivity (Wildman–Crippen MR) is 112 cm³/mol. The molecule has 148 valence electrons. The first-order valence-corrected chi connectivity index (χ1v) is 9.74. The Morgan fingerprint density at radius 2 is 1.83 bits per heavy atom. The average molecular weight is 389 g/mol. The minimum Gasteiger partial charge on any atom is -0.465 e. The van der Waals surface area contributed by atoms with Gasteiger partial charge >= 0.3 is 5.97 Å². The van der Waals surface area contributed by atoms with Crippen LogP contribution in [0.2, 0.25) is 0 Å². The predicted octanol–water partition coefficient (Wildman–Crippen LogP) is 4.42. The highest BCUT2D eigenvalue weighted by Gasteiger charge is 2.17. The van der Waals surface area contributed by atoms with E-state index in [2.05, 4.69) is 25.6 Å². The lowest BCUT2D eigenvalue weighted by atomic mass is 10.2. The molecule has 7 heteroatoms. The molecule has 0 radical (unpaired) electrons. The first-order chi connectivity index (χ1) is 14.2. The maximum absolute atomic E-state index is 11.6. The van der Waals surface area contributed by atoms with E-state index in [1.165, 1.54) is 20.0 Å². The van der Waals surface area contributed by atoms with Gasteiger partial charge in [0.15, 0.2) is 0 Å². The zero-order valence-corrected chi connectivity index (χ0v) is 16.3. The third-order valence-electron chi connectivity index (χ3n) is 4.92. The minimum absolute atomic E-state index is 0.362. The van der Waals surface area contributed by atoms with Gasteiger partial charge in [0, 0.05) is 24.0 Å². The molecule has 1 fully saturated rings. The van der Waals surface area contributed by atoms with Crippen LogP contribution in [0.5, 0.6) is 0 Å². The molecular formula is C22H23N5O2. The van der Waals surface area contributed by atoms with Gasteiger partial charge in [0.05, 0.1) is 24.1 Å². The van der Waals surface area contributed by atoms with Gasteiger partial charge in [-0.25, -0.2) is 9.78 Å². The standard InChI is InChI=1S/C22H23N5O2/c1-29-21(28)15-9-11-17(12-10-15)24-20-14-19(18-8-4-5-13-23-18)26-22(27-20)25-16-6-2-3-7-16/h4-5,8-14,16H,2-3,6-7H2,1H3,(H2,24,25,26,27). The number of hydrogen-bond acceptors (Lipinski definition) is 7. The fourth-order valence-corrected chi connectivity index (χ4v) is 3.43. The second-order valence-electron chi connectivity index (χ2n) is 7.00. The monoisotopic (exact) mass is 389 g/mol. The van der Waals surface area contributed by atoms with Crippen LogP contribution >= 0.6 is 0 Å². The summed E-state index contributed by atoms with van der Waals surface area (Å²) in [6.07, 6.45) is 6.48. The Morgan fingerprint density at radius 3 is 2.52 bits per heavy atom. The van der Waals surface area contributed by atoms with E-state index in [0.29, 0.717) is 23.4 Å². The van der Waals surface area contributed by atoms with Gasteiger partial charge < -0.3 is 15.4 Å². The van der Waals surface area contributed by atoms with Crippen LogP contribution in [0.3, 0.4) is 0 Å². The lowest BCUT2D eigenvalue weighted by Gasteiger charge is -2.15. The summed E-state index contributed by atoms with van der Waals surface area (Å²) in [4.78, 5) is 25.3. The van der Waals surface area contributed by atoms with Crippen LogP contribution in [0.4, 0.5) is 17.5 Å². The fraction of sp³-hybridized carbons (Fsp3) is 0.273. The number of aromatic nitrogens is 3. The number of nitrogens with zero attached hydrogens (tertiary/aromatic N) is 3. The van der Waals surface area contributed by atoms with E-state index in [0.717, 1.165) is 29.9 Å². The molecule has 3 aromatic rings. The molecule has 0 amide bonds. The second-order valence-corrected chi connectivity index (χ2v) is 7.00. The zero-order chi connectivity index (χ0) is 20.1. The second kappa shape index (κ2) is 8.68. The molecule has 0 unspecified atom stereocenters. The first-order valence-electron chi connectivity index (χ1n) is 9.74. The molecule has 2 heterocycles. The van der Waals surface area contributed by atoms with Crippen molar-refractivity contribution in [3.8, 4) is 11.4 Å². The van der Waals surface area contributed by atoms with Crippen LogP contribution < -0.4 is 10.6 Å². The van der Waals surface area contributed by atoms with Crippen molar-refractivity contribution < 1.29 is 9.53 Å². The number of anilines is 3. The molecule has 1 saturated carbocycles. The molecule has 0 aliphatic heterocycles. The van der Waals surface area contributed by atoms with Crippen molar-refractivity contribution in [3.05, 3.63) is 60.3 Å². The number of pyridine rings is 1. The SMILES string of the molecule is COC(=O)c1ccc(Nc2cc(-c3ccccn3)nc(NC3CCCC3)n2)cc1. The summed E-state index contributed by atoms with van der Waals surface area (Å²) < 4.78 is 4.74. The third kappa shape index (κ3) is 4.68. The number of esters is 1. The van der Waals surface area contributed by atoms with E-state index in [1.807, 2.05) is 36.4 Å². The van der Waals surface area contributed by atoms with Crippen molar-refractivity contribution in [2.75, 3.05) is 17.7 Å². The van der Waals surface area contributed by atoms with Gasteiger partial charge in [0.25, 0.3) is 0 Å². The number of benzene rings is 1. The molecule has 0 spiro atoms. The maximum Gasteiger partial charge on any atom is 0.337 e. The lowest BCUT2D eigenvalue weighted by Crippen LogP contribution is -2.17. The van der Waals surface area contributed by atoms with Crippen molar-refractivity contribution >= 4 is 23.4 Å². The van der Waals surface area contributed by atoms with Crippen LogP contribution in [0.25, 0.3) is 11.4 Å². The maximum atomic E-state index is 11.6. The van der Waals surface area contributed by atoms with E-state index < -0.39 is 0 Å². The smallest absolute Gasteiger partial charge is 0.337 e. The molecule has 0 saturated heterocycles. The van der Waals surface area contributed by atoms with Crippen molar-refractivity contribution in [2.45, 2.75) is 31.7 Å². The molecule has 0 bridgehead atoms. The third-order valence-corrected chi connectivity index (χ3v) is 4.92.